The molecule has 0 aliphatic carbocycles. The summed E-state index contributed by atoms with van der Waals surface area (Å²) >= 11 is 3.00. The third kappa shape index (κ3) is 3.02. The van der Waals surface area contributed by atoms with Crippen molar-refractivity contribution in [3.63, 3.8) is 0 Å². The highest BCUT2D eigenvalue weighted by Crippen LogP contribution is 2.46. The molecule has 1 amide bonds. The van der Waals surface area contributed by atoms with Crippen molar-refractivity contribution in [3.8, 4) is 0 Å². The standard InChI is InChI=1S/C14H16N6O3S2/c1-7-2-8-3-25-13(15)20-14(8,5-22-7)12-19-9(4-24-12)18-10(21)11-16-6-17-23-11/h4,6-8H,2-3,5H2,1H3,(H2,15,20)(H,18,21)/t7-,8-,14-/m0/s1. The van der Waals surface area contributed by atoms with Crippen LogP contribution in [-0.4, -0.2) is 44.7 Å². The molecule has 0 radical (unpaired) electrons. The first-order chi connectivity index (χ1) is 12.1. The molecule has 9 nitrogen and oxygen atoms in total. The molecule has 25 heavy (non-hydrogen) atoms. The molecule has 132 valence electrons. The minimum Gasteiger partial charge on any atom is -0.379 e. The van der Waals surface area contributed by atoms with Gasteiger partial charge in [-0.2, -0.15) is 4.98 Å². The van der Waals surface area contributed by atoms with E-state index in [1.807, 2.05) is 0 Å². The Hall–Kier alpha value is -1.98. The van der Waals surface area contributed by atoms with Gasteiger partial charge in [-0.05, 0) is 13.3 Å². The van der Waals surface area contributed by atoms with Gasteiger partial charge in [-0.15, -0.1) is 11.3 Å². The van der Waals surface area contributed by atoms with Crippen molar-refractivity contribution >= 4 is 40.0 Å². The zero-order valence-electron chi connectivity index (χ0n) is 13.3. The van der Waals surface area contributed by atoms with Crippen LogP contribution < -0.4 is 11.1 Å². The van der Waals surface area contributed by atoms with Crippen LogP contribution in [-0.2, 0) is 10.3 Å². The first kappa shape index (κ1) is 16.5. The van der Waals surface area contributed by atoms with Crippen LogP contribution in [0.15, 0.2) is 21.2 Å². The number of hydrogen-bond donors (Lipinski definition) is 2. The summed E-state index contributed by atoms with van der Waals surface area (Å²) in [6.45, 7) is 2.50. The second-order valence-electron chi connectivity index (χ2n) is 5.98. The zero-order valence-corrected chi connectivity index (χ0v) is 15.0. The van der Waals surface area contributed by atoms with Gasteiger partial charge in [-0.25, -0.2) is 9.98 Å². The Balaban J connectivity index is 1.61. The topological polar surface area (TPSA) is 129 Å². The van der Waals surface area contributed by atoms with Crippen molar-refractivity contribution < 1.29 is 14.1 Å². The first-order valence-electron chi connectivity index (χ1n) is 7.70. The molecule has 4 rings (SSSR count). The molecule has 3 atom stereocenters. The minimum absolute atomic E-state index is 0.114. The lowest BCUT2D eigenvalue weighted by molar-refractivity contribution is -0.0466. The number of fused-ring (bicyclic) bond motifs is 1. The lowest BCUT2D eigenvalue weighted by atomic mass is 9.80. The highest BCUT2D eigenvalue weighted by atomic mass is 32.2. The first-order valence-corrected chi connectivity index (χ1v) is 9.57. The number of nitrogens with one attached hydrogen (secondary N) is 1. The third-order valence-electron chi connectivity index (χ3n) is 4.29. The van der Waals surface area contributed by atoms with Crippen LogP contribution in [0.25, 0.3) is 0 Å². The van der Waals surface area contributed by atoms with Crippen molar-refractivity contribution in [3.05, 3.63) is 22.6 Å². The fraction of sp³-hybridized carbons (Fsp3) is 0.500. The summed E-state index contributed by atoms with van der Waals surface area (Å²) in [4.78, 5) is 25.0. The summed E-state index contributed by atoms with van der Waals surface area (Å²) in [7, 11) is 0. The number of amides is 1. The molecule has 0 unspecified atom stereocenters. The molecule has 3 N–H and O–H groups in total. The molecule has 4 heterocycles. The number of nitrogens with zero attached hydrogens (tertiary/aromatic N) is 4. The molecule has 2 aromatic rings. The summed E-state index contributed by atoms with van der Waals surface area (Å²) in [5.74, 6) is 0.976. The van der Waals surface area contributed by atoms with E-state index in [1.54, 1.807) is 17.1 Å². The van der Waals surface area contributed by atoms with Crippen molar-refractivity contribution in [1.82, 2.24) is 15.1 Å². The van der Waals surface area contributed by atoms with E-state index in [1.165, 1.54) is 17.7 Å². The summed E-state index contributed by atoms with van der Waals surface area (Å²) in [5.41, 5.74) is 5.40. The number of hydrogen-bond acceptors (Lipinski definition) is 10. The van der Waals surface area contributed by atoms with Gasteiger partial charge < -0.3 is 20.3 Å². The van der Waals surface area contributed by atoms with Crippen LogP contribution in [0.3, 0.4) is 0 Å². The van der Waals surface area contributed by atoms with Gasteiger partial charge in [0.15, 0.2) is 11.5 Å². The molecule has 0 bridgehead atoms. The van der Waals surface area contributed by atoms with Crippen molar-refractivity contribution in [2.24, 2.45) is 16.6 Å². The van der Waals surface area contributed by atoms with E-state index in [0.29, 0.717) is 23.5 Å². The lowest BCUT2D eigenvalue weighted by Gasteiger charge is -2.44. The summed E-state index contributed by atoms with van der Waals surface area (Å²) < 4.78 is 10.6. The summed E-state index contributed by atoms with van der Waals surface area (Å²) in [6, 6.07) is 0. The smallest absolute Gasteiger partial charge is 0.316 e. The number of amidine groups is 1. The SMILES string of the molecule is C[C@H]1C[C@H]2CSC(N)=N[C@@]2(c2nc(NC(=O)c3ncno3)cs2)CO1. The average molecular weight is 380 g/mol. The van der Waals surface area contributed by atoms with E-state index in [4.69, 9.17) is 20.0 Å². The number of anilines is 1. The molecule has 2 aliphatic rings. The Morgan fingerprint density at radius 3 is 3.20 bits per heavy atom. The second-order valence-corrected chi connectivity index (χ2v) is 7.88. The number of thiazole rings is 1. The number of nitrogens with two attached hydrogens (primary N) is 1. The monoisotopic (exact) mass is 380 g/mol. The van der Waals surface area contributed by atoms with Crippen molar-refractivity contribution in [1.29, 1.82) is 0 Å². The largest absolute Gasteiger partial charge is 0.379 e. The van der Waals surface area contributed by atoms with E-state index < -0.39 is 11.4 Å². The van der Waals surface area contributed by atoms with Gasteiger partial charge >= 0.3 is 11.8 Å². The van der Waals surface area contributed by atoms with E-state index in [-0.39, 0.29) is 12.0 Å². The molecule has 0 aromatic carbocycles. The fourth-order valence-corrected chi connectivity index (χ4v) is 5.02. The zero-order chi connectivity index (χ0) is 17.4. The van der Waals surface area contributed by atoms with Crippen LogP contribution in [0.1, 0.15) is 29.0 Å². The van der Waals surface area contributed by atoms with E-state index >= 15 is 0 Å². The normalized spacial score (nSPS) is 28.9. The number of aromatic nitrogens is 3. The highest BCUT2D eigenvalue weighted by Gasteiger charge is 2.49. The van der Waals surface area contributed by atoms with Crippen LogP contribution in [0, 0.1) is 5.92 Å². The van der Waals surface area contributed by atoms with Crippen LogP contribution >= 0.6 is 23.1 Å². The van der Waals surface area contributed by atoms with Gasteiger partial charge in [0.05, 0.1) is 12.7 Å². The molecule has 2 aromatic heterocycles. The molecular formula is C14H16N6O3S2. The Morgan fingerprint density at radius 1 is 1.52 bits per heavy atom. The lowest BCUT2D eigenvalue weighted by Crippen LogP contribution is -2.49. The Kier molecular flexibility index (Phi) is 4.21. The average Bonchev–Trinajstić information content (AvgIpc) is 3.27. The third-order valence-corrected chi connectivity index (χ3v) is 6.26. The predicted molar refractivity (Wildman–Crippen MR) is 93.6 cm³/mol. The fourth-order valence-electron chi connectivity index (χ4n) is 3.05. The van der Waals surface area contributed by atoms with Gasteiger partial charge in [-0.1, -0.05) is 16.9 Å². The maximum absolute atomic E-state index is 12.0. The Morgan fingerprint density at radius 2 is 2.40 bits per heavy atom. The number of ether oxygens (including phenoxy) is 1. The van der Waals surface area contributed by atoms with Gasteiger partial charge in [0.2, 0.25) is 0 Å². The van der Waals surface area contributed by atoms with Crippen LogP contribution in [0.2, 0.25) is 0 Å². The maximum Gasteiger partial charge on any atom is 0.316 e. The second kappa shape index (κ2) is 6.39. The number of aliphatic imine (C=N–C) groups is 1. The molecule has 1 saturated heterocycles. The van der Waals surface area contributed by atoms with Gasteiger partial charge in [0.1, 0.15) is 16.4 Å². The molecule has 0 saturated carbocycles. The van der Waals surface area contributed by atoms with E-state index in [0.717, 1.165) is 17.2 Å². The van der Waals surface area contributed by atoms with Crippen molar-refractivity contribution in [2.45, 2.75) is 25.0 Å². The van der Waals surface area contributed by atoms with Gasteiger partial charge in [-0.3, -0.25) is 4.79 Å². The summed E-state index contributed by atoms with van der Waals surface area (Å²) in [5, 5.41) is 9.16. The molecule has 0 spiro atoms. The number of carbonyl (C=O) groups excluding carboxylic acids is 1. The minimum atomic E-state index is -0.583. The van der Waals surface area contributed by atoms with Gasteiger partial charge in [0.25, 0.3) is 0 Å². The van der Waals surface area contributed by atoms with E-state index in [9.17, 15) is 4.79 Å². The predicted octanol–water partition coefficient (Wildman–Crippen LogP) is 1.46. The quantitative estimate of drug-likeness (QED) is 0.819. The van der Waals surface area contributed by atoms with E-state index in [2.05, 4.69) is 27.4 Å². The summed E-state index contributed by atoms with van der Waals surface area (Å²) in [6.07, 6.45) is 2.25. The van der Waals surface area contributed by atoms with Crippen molar-refractivity contribution in [2.75, 3.05) is 17.7 Å². The molecule has 11 heteroatoms. The highest BCUT2D eigenvalue weighted by molar-refractivity contribution is 8.13. The molecular weight excluding hydrogens is 364 g/mol. The van der Waals surface area contributed by atoms with Gasteiger partial charge in [0, 0.05) is 17.1 Å². The van der Waals surface area contributed by atoms with Crippen LogP contribution in [0.4, 0.5) is 5.82 Å². The number of rotatable bonds is 3. The maximum atomic E-state index is 12.0. The number of carbonyl (C=O) groups is 1. The molecule has 1 fully saturated rings. The molecule has 2 aliphatic heterocycles. The Bertz CT molecular complexity index is 807. The Labute approximate surface area is 151 Å². The number of thioether (sulfide) groups is 1. The van der Waals surface area contributed by atoms with Crippen LogP contribution in [0.5, 0.6) is 0 Å².